The second kappa shape index (κ2) is 8.73. The Morgan fingerprint density at radius 3 is 2.63 bits per heavy atom. The van der Waals surface area contributed by atoms with Gasteiger partial charge in [0.05, 0.1) is 29.4 Å². The van der Waals surface area contributed by atoms with Crippen molar-refractivity contribution in [2.24, 2.45) is 5.92 Å². The highest BCUT2D eigenvalue weighted by atomic mass is 35.5. The maximum absolute atomic E-state index is 13.2. The molecule has 1 unspecified atom stereocenters. The lowest BCUT2D eigenvalue weighted by molar-refractivity contribution is -0.117. The van der Waals surface area contributed by atoms with E-state index in [4.69, 9.17) is 11.6 Å². The van der Waals surface area contributed by atoms with Crippen LogP contribution in [-0.2, 0) is 4.79 Å². The molecule has 1 aliphatic heterocycles. The lowest BCUT2D eigenvalue weighted by atomic mass is 10.1. The van der Waals surface area contributed by atoms with Crippen molar-refractivity contribution in [2.75, 3.05) is 38.0 Å². The van der Waals surface area contributed by atoms with Crippen LogP contribution in [0, 0.1) is 11.7 Å². The molecule has 7 nitrogen and oxygen atoms in total. The van der Waals surface area contributed by atoms with Crippen LogP contribution in [-0.4, -0.2) is 64.1 Å². The van der Waals surface area contributed by atoms with Crippen LogP contribution in [0.3, 0.4) is 0 Å². The molecule has 2 aliphatic rings. The van der Waals surface area contributed by atoms with Crippen molar-refractivity contribution >= 4 is 29.2 Å². The van der Waals surface area contributed by atoms with Crippen molar-refractivity contribution in [2.45, 2.75) is 25.8 Å². The Bertz CT molecular complexity index is 937. The number of hydrogen-bond donors (Lipinski definition) is 1. The number of carbonyl (C=O) groups is 2. The number of nitrogens with zero attached hydrogens (tertiary/aromatic N) is 4. The first-order chi connectivity index (χ1) is 14.4. The zero-order chi connectivity index (χ0) is 21.3. The Morgan fingerprint density at radius 2 is 1.97 bits per heavy atom. The summed E-state index contributed by atoms with van der Waals surface area (Å²) in [5.41, 5.74) is 0.294. The standard InChI is InChI=1S/C21H25ClFN5O2/c1-14(15-2-3-15)28-19(6-7-24-28)25-20(29)13-26-8-10-27(11-9-26)21(30)17-5-4-16(23)12-18(17)22/h4-7,12,14-15H,2-3,8-11,13H2,1H3,(H,25,29). The Morgan fingerprint density at radius 1 is 1.23 bits per heavy atom. The highest BCUT2D eigenvalue weighted by Crippen LogP contribution is 2.40. The molecular formula is C21H25ClFN5O2. The Kier molecular flexibility index (Phi) is 6.06. The lowest BCUT2D eigenvalue weighted by Crippen LogP contribution is -2.50. The largest absolute Gasteiger partial charge is 0.336 e. The smallest absolute Gasteiger partial charge is 0.255 e. The van der Waals surface area contributed by atoms with E-state index in [1.54, 1.807) is 11.1 Å². The van der Waals surface area contributed by atoms with E-state index in [1.165, 1.54) is 25.0 Å². The summed E-state index contributed by atoms with van der Waals surface area (Å²) >= 11 is 6.01. The number of rotatable bonds is 6. The van der Waals surface area contributed by atoms with Crippen LogP contribution in [0.15, 0.2) is 30.5 Å². The fourth-order valence-corrected chi connectivity index (χ4v) is 4.09. The van der Waals surface area contributed by atoms with Crippen LogP contribution in [0.2, 0.25) is 5.02 Å². The van der Waals surface area contributed by atoms with E-state index >= 15 is 0 Å². The molecule has 1 N–H and O–H groups in total. The molecule has 4 rings (SSSR count). The Labute approximate surface area is 179 Å². The van der Waals surface area contributed by atoms with Gasteiger partial charge in [0.25, 0.3) is 5.91 Å². The van der Waals surface area contributed by atoms with Crippen LogP contribution in [0.25, 0.3) is 0 Å². The van der Waals surface area contributed by atoms with Crippen molar-refractivity contribution in [3.63, 3.8) is 0 Å². The van der Waals surface area contributed by atoms with Gasteiger partial charge in [-0.15, -0.1) is 0 Å². The number of nitrogens with one attached hydrogen (secondary N) is 1. The van der Waals surface area contributed by atoms with Gasteiger partial charge in [-0.05, 0) is 43.9 Å². The number of halogens is 2. The van der Waals surface area contributed by atoms with Gasteiger partial charge in [0, 0.05) is 32.2 Å². The fraction of sp³-hybridized carbons (Fsp3) is 0.476. The molecule has 1 aromatic heterocycles. The minimum absolute atomic E-state index is 0.0962. The summed E-state index contributed by atoms with van der Waals surface area (Å²) < 4.78 is 15.1. The highest BCUT2D eigenvalue weighted by Gasteiger charge is 2.31. The van der Waals surface area contributed by atoms with Crippen LogP contribution in [0.4, 0.5) is 10.2 Å². The SMILES string of the molecule is CC(C1CC1)n1nccc1NC(=O)CN1CCN(C(=O)c2ccc(F)cc2Cl)CC1. The second-order valence-electron chi connectivity index (χ2n) is 7.98. The monoisotopic (exact) mass is 433 g/mol. The summed E-state index contributed by atoms with van der Waals surface area (Å²) in [6.07, 6.45) is 4.13. The van der Waals surface area contributed by atoms with Crippen LogP contribution in [0.5, 0.6) is 0 Å². The average Bonchev–Trinajstić information content (AvgIpc) is 3.47. The molecule has 2 heterocycles. The van der Waals surface area contributed by atoms with Crippen LogP contribution >= 0.6 is 11.6 Å². The predicted molar refractivity (Wildman–Crippen MR) is 112 cm³/mol. The molecule has 30 heavy (non-hydrogen) atoms. The first-order valence-electron chi connectivity index (χ1n) is 10.2. The van der Waals surface area contributed by atoms with Gasteiger partial charge < -0.3 is 10.2 Å². The maximum atomic E-state index is 13.2. The molecule has 0 radical (unpaired) electrons. The van der Waals surface area contributed by atoms with Crippen molar-refractivity contribution in [3.8, 4) is 0 Å². The van der Waals surface area contributed by atoms with E-state index in [0.717, 1.165) is 11.9 Å². The molecule has 1 saturated carbocycles. The van der Waals surface area contributed by atoms with E-state index in [1.807, 2.05) is 15.6 Å². The van der Waals surface area contributed by atoms with E-state index in [2.05, 4.69) is 17.3 Å². The quantitative estimate of drug-likeness (QED) is 0.760. The summed E-state index contributed by atoms with van der Waals surface area (Å²) in [5, 5.41) is 7.43. The van der Waals surface area contributed by atoms with Crippen molar-refractivity contribution in [1.82, 2.24) is 19.6 Å². The van der Waals surface area contributed by atoms with E-state index < -0.39 is 5.82 Å². The van der Waals surface area contributed by atoms with Gasteiger partial charge in [-0.2, -0.15) is 5.10 Å². The van der Waals surface area contributed by atoms with Gasteiger partial charge >= 0.3 is 0 Å². The molecule has 1 saturated heterocycles. The first kappa shape index (κ1) is 20.8. The third-order valence-corrected chi connectivity index (χ3v) is 6.13. The summed E-state index contributed by atoms with van der Waals surface area (Å²) in [4.78, 5) is 28.9. The van der Waals surface area contributed by atoms with E-state index in [0.29, 0.717) is 37.7 Å². The van der Waals surface area contributed by atoms with Gasteiger partial charge in [-0.1, -0.05) is 11.6 Å². The van der Waals surface area contributed by atoms with Gasteiger partial charge in [0.15, 0.2) is 0 Å². The number of hydrogen-bond acceptors (Lipinski definition) is 4. The molecule has 9 heteroatoms. The van der Waals surface area contributed by atoms with E-state index in [-0.39, 0.29) is 29.4 Å². The number of anilines is 1. The number of benzene rings is 1. The fourth-order valence-electron chi connectivity index (χ4n) is 3.84. The van der Waals surface area contributed by atoms with Crippen LogP contribution in [0.1, 0.15) is 36.2 Å². The molecule has 0 bridgehead atoms. The van der Waals surface area contributed by atoms with Crippen molar-refractivity contribution in [3.05, 3.63) is 46.9 Å². The molecule has 1 atom stereocenters. The lowest BCUT2D eigenvalue weighted by Gasteiger charge is -2.34. The minimum Gasteiger partial charge on any atom is -0.336 e. The van der Waals surface area contributed by atoms with Crippen LogP contribution < -0.4 is 5.32 Å². The predicted octanol–water partition coefficient (Wildman–Crippen LogP) is 3.04. The third kappa shape index (κ3) is 4.65. The first-order valence-corrected chi connectivity index (χ1v) is 10.6. The molecular weight excluding hydrogens is 409 g/mol. The summed E-state index contributed by atoms with van der Waals surface area (Å²) in [5.74, 6) is 0.573. The molecule has 160 valence electrons. The number of amides is 2. The summed E-state index contributed by atoms with van der Waals surface area (Å²) in [6.45, 7) is 4.50. The van der Waals surface area contributed by atoms with E-state index in [9.17, 15) is 14.0 Å². The zero-order valence-electron chi connectivity index (χ0n) is 16.9. The molecule has 0 spiro atoms. The summed E-state index contributed by atoms with van der Waals surface area (Å²) in [6, 6.07) is 5.88. The average molecular weight is 434 g/mol. The molecule has 2 amide bonds. The topological polar surface area (TPSA) is 70.5 Å². The van der Waals surface area contributed by atoms with Gasteiger partial charge in [0.1, 0.15) is 11.6 Å². The van der Waals surface area contributed by atoms with Gasteiger partial charge in [-0.25, -0.2) is 9.07 Å². The van der Waals surface area contributed by atoms with Gasteiger partial charge in [0.2, 0.25) is 5.91 Å². The zero-order valence-corrected chi connectivity index (χ0v) is 17.6. The normalized spacial score (nSPS) is 18.3. The number of aromatic nitrogens is 2. The summed E-state index contributed by atoms with van der Waals surface area (Å²) in [7, 11) is 0. The van der Waals surface area contributed by atoms with Crippen molar-refractivity contribution < 1.29 is 14.0 Å². The molecule has 1 aliphatic carbocycles. The van der Waals surface area contributed by atoms with Crippen molar-refractivity contribution in [1.29, 1.82) is 0 Å². The Balaban J connectivity index is 1.28. The second-order valence-corrected chi connectivity index (χ2v) is 8.39. The molecule has 2 aromatic rings. The highest BCUT2D eigenvalue weighted by molar-refractivity contribution is 6.33. The van der Waals surface area contributed by atoms with Gasteiger partial charge in [-0.3, -0.25) is 14.5 Å². The Hall–Kier alpha value is -2.45. The minimum atomic E-state index is -0.472. The maximum Gasteiger partial charge on any atom is 0.255 e. The number of carbonyl (C=O) groups excluding carboxylic acids is 2. The molecule has 1 aromatic carbocycles. The number of piperazine rings is 1. The molecule has 2 fully saturated rings. The third-order valence-electron chi connectivity index (χ3n) is 5.82.